The van der Waals surface area contributed by atoms with Crippen LogP contribution in [-0.4, -0.2) is 107 Å². The predicted molar refractivity (Wildman–Crippen MR) is 225 cm³/mol. The second-order valence-corrected chi connectivity index (χ2v) is 15.6. The maximum absolute atomic E-state index is 14.0. The van der Waals surface area contributed by atoms with E-state index in [1.54, 1.807) is 44.2 Å². The fourth-order valence-corrected chi connectivity index (χ4v) is 5.92. The highest BCUT2D eigenvalue weighted by atomic mass is 16.4. The molecule has 60 heavy (non-hydrogen) atoms. The summed E-state index contributed by atoms with van der Waals surface area (Å²) in [6, 6.07) is 0.437. The molecular formula is C40H67N11O9. The van der Waals surface area contributed by atoms with Crippen LogP contribution >= 0.6 is 0 Å². The van der Waals surface area contributed by atoms with Gasteiger partial charge in [-0.1, -0.05) is 77.8 Å². The number of nitrogens with two attached hydrogens (primary N) is 4. The van der Waals surface area contributed by atoms with Crippen molar-refractivity contribution in [1.82, 2.24) is 31.9 Å². The summed E-state index contributed by atoms with van der Waals surface area (Å²) in [5.41, 5.74) is 22.8. The van der Waals surface area contributed by atoms with Gasteiger partial charge in [-0.3, -0.25) is 43.3 Å². The van der Waals surface area contributed by atoms with E-state index in [2.05, 4.69) is 36.9 Å². The lowest BCUT2D eigenvalue weighted by atomic mass is 9.98. The van der Waals surface area contributed by atoms with Gasteiger partial charge in [-0.15, -0.1) is 0 Å². The first-order valence-electron chi connectivity index (χ1n) is 20.3. The summed E-state index contributed by atoms with van der Waals surface area (Å²) in [4.78, 5) is 108. The highest BCUT2D eigenvalue weighted by Crippen LogP contribution is 2.12. The molecule has 1 aromatic rings. The number of amides is 7. The Morgan fingerprint density at radius 1 is 0.650 bits per heavy atom. The van der Waals surface area contributed by atoms with Gasteiger partial charge in [0.15, 0.2) is 5.96 Å². The minimum Gasteiger partial charge on any atom is -0.481 e. The van der Waals surface area contributed by atoms with Crippen LogP contribution in [0.1, 0.15) is 98.5 Å². The molecule has 0 aliphatic carbocycles. The summed E-state index contributed by atoms with van der Waals surface area (Å²) in [6.07, 6.45) is 1.47. The lowest BCUT2D eigenvalue weighted by Gasteiger charge is -2.29. The second kappa shape index (κ2) is 27.1. The van der Waals surface area contributed by atoms with Gasteiger partial charge in [0, 0.05) is 19.4 Å². The van der Waals surface area contributed by atoms with E-state index in [9.17, 15) is 43.5 Å². The Hall–Kier alpha value is -5.79. The molecule has 0 fully saturated rings. The molecule has 0 aliphatic heterocycles. The van der Waals surface area contributed by atoms with Crippen molar-refractivity contribution in [2.45, 2.75) is 142 Å². The van der Waals surface area contributed by atoms with E-state index in [4.69, 9.17) is 22.9 Å². The summed E-state index contributed by atoms with van der Waals surface area (Å²) in [7, 11) is 0. The molecule has 1 aromatic carbocycles. The Kier molecular flexibility index (Phi) is 23.6. The van der Waals surface area contributed by atoms with Crippen molar-refractivity contribution in [3.05, 3.63) is 35.9 Å². The number of aliphatic imine (C=N–C) groups is 1. The van der Waals surface area contributed by atoms with Gasteiger partial charge in [0.1, 0.15) is 36.3 Å². The van der Waals surface area contributed by atoms with Crippen LogP contribution in [0.5, 0.6) is 0 Å². The third-order valence-corrected chi connectivity index (χ3v) is 9.35. The molecule has 20 nitrogen and oxygen atoms in total. The van der Waals surface area contributed by atoms with Crippen LogP contribution in [0, 0.1) is 11.8 Å². The number of hydrogen-bond donors (Lipinski definition) is 11. The van der Waals surface area contributed by atoms with E-state index in [0.717, 1.165) is 6.42 Å². The number of hydrogen-bond acceptors (Lipinski definition) is 10. The minimum atomic E-state index is -1.47. The van der Waals surface area contributed by atoms with E-state index in [0.29, 0.717) is 24.8 Å². The summed E-state index contributed by atoms with van der Waals surface area (Å²) in [5, 5.41) is 25.0. The molecule has 0 bridgehead atoms. The molecule has 1 rings (SSSR count). The Morgan fingerprint density at radius 2 is 1.22 bits per heavy atom. The molecule has 0 heterocycles. The lowest BCUT2D eigenvalue weighted by Crippen LogP contribution is -2.60. The number of guanidine groups is 1. The van der Waals surface area contributed by atoms with Crippen LogP contribution in [0.4, 0.5) is 0 Å². The number of nitrogens with one attached hydrogen (secondary N) is 6. The smallest absolute Gasteiger partial charge is 0.303 e. The maximum atomic E-state index is 14.0. The molecule has 0 unspecified atom stereocenters. The lowest BCUT2D eigenvalue weighted by molar-refractivity contribution is -0.138. The quantitative estimate of drug-likeness (QED) is 0.0269. The number of unbranched alkanes of at least 4 members (excludes halogenated alkanes) is 1. The standard InChI is InChI=1S/C40H67N11O9/c1-7-8-16-27(33(42)54)47-34(55)24(6)46-36(57)28(17-18-31(52)53)48-38(59)30(21-25-13-10-9-11-14-25)49-37(58)29(20-22(2)3)50-39(60)32(23(4)5)51-35(56)26(41)15-12-19-45-40(43)44/h9-11,13-14,22-24,26-30,32H,7-8,12,15-21,41H2,1-6H3,(H2,42,54)(H,46,57)(H,47,55)(H,48,59)(H,49,58)(H,50,60)(H,51,56)(H,52,53)(H4,43,44,45)/t24-,26-,27-,28-,29-,30-,32-/m0/s1. The number of aliphatic carboxylic acids is 1. The van der Waals surface area contributed by atoms with Crippen molar-refractivity contribution in [2.24, 2.45) is 39.8 Å². The second-order valence-electron chi connectivity index (χ2n) is 15.6. The molecule has 0 spiro atoms. The zero-order valence-electron chi connectivity index (χ0n) is 35.6. The van der Waals surface area contributed by atoms with Crippen molar-refractivity contribution >= 4 is 53.3 Å². The van der Waals surface area contributed by atoms with Crippen LogP contribution in [-0.2, 0) is 44.8 Å². The topological polar surface area (TPSA) is 345 Å². The third kappa shape index (κ3) is 20.3. The molecule has 7 amide bonds. The van der Waals surface area contributed by atoms with Gasteiger partial charge in [0.2, 0.25) is 41.4 Å². The molecular weight excluding hydrogens is 779 g/mol. The molecule has 0 radical (unpaired) electrons. The summed E-state index contributed by atoms with van der Waals surface area (Å²) in [6.45, 7) is 10.6. The minimum absolute atomic E-state index is 0.0646. The Balaban J connectivity index is 3.32. The monoisotopic (exact) mass is 846 g/mol. The van der Waals surface area contributed by atoms with Gasteiger partial charge in [0.05, 0.1) is 6.04 Å². The number of carbonyl (C=O) groups is 8. The number of carboxylic acids is 1. The average molecular weight is 846 g/mol. The molecule has 0 saturated heterocycles. The van der Waals surface area contributed by atoms with Crippen molar-refractivity contribution in [3.63, 3.8) is 0 Å². The van der Waals surface area contributed by atoms with Gasteiger partial charge in [-0.25, -0.2) is 0 Å². The van der Waals surface area contributed by atoms with Crippen molar-refractivity contribution < 1.29 is 43.5 Å². The van der Waals surface area contributed by atoms with Gasteiger partial charge < -0.3 is 59.9 Å². The molecule has 15 N–H and O–H groups in total. The maximum Gasteiger partial charge on any atom is 0.303 e. The van der Waals surface area contributed by atoms with Gasteiger partial charge in [-0.2, -0.15) is 0 Å². The molecule has 0 aliphatic rings. The van der Waals surface area contributed by atoms with E-state index in [-0.39, 0.29) is 44.1 Å². The first kappa shape index (κ1) is 52.2. The van der Waals surface area contributed by atoms with Crippen LogP contribution in [0.2, 0.25) is 0 Å². The molecule has 0 aromatic heterocycles. The Morgan fingerprint density at radius 3 is 1.77 bits per heavy atom. The van der Waals surface area contributed by atoms with Gasteiger partial charge in [0.25, 0.3) is 0 Å². The van der Waals surface area contributed by atoms with E-state index in [1.807, 2.05) is 20.8 Å². The molecule has 7 atom stereocenters. The number of carboxylic acid groups (broad SMARTS) is 1. The Labute approximate surface area is 351 Å². The first-order chi connectivity index (χ1) is 28.2. The summed E-state index contributed by atoms with van der Waals surface area (Å²) in [5.74, 6) is -7.07. The SMILES string of the molecule is CCCC[C@H](NC(=O)[C@H](C)NC(=O)[C@H](CCC(=O)O)NC(=O)[C@H](Cc1ccccc1)NC(=O)[C@H](CC(C)C)NC(=O)[C@@H](NC(=O)[C@@H](N)CCCN=C(N)N)C(C)C)C(N)=O. The number of rotatable bonds is 28. The zero-order chi connectivity index (χ0) is 45.5. The van der Waals surface area contributed by atoms with Crippen molar-refractivity contribution in [3.8, 4) is 0 Å². The highest BCUT2D eigenvalue weighted by Gasteiger charge is 2.34. The number of benzene rings is 1. The first-order valence-corrected chi connectivity index (χ1v) is 20.3. The van der Waals surface area contributed by atoms with Crippen LogP contribution in [0.3, 0.4) is 0 Å². The number of carbonyl (C=O) groups excluding carboxylic acids is 7. The van der Waals surface area contributed by atoms with Crippen LogP contribution in [0.15, 0.2) is 35.3 Å². The fraction of sp³-hybridized carbons (Fsp3) is 0.625. The van der Waals surface area contributed by atoms with Gasteiger partial charge >= 0.3 is 5.97 Å². The average Bonchev–Trinajstić information content (AvgIpc) is 3.17. The van der Waals surface area contributed by atoms with Gasteiger partial charge in [-0.05, 0) is 56.4 Å². The zero-order valence-corrected chi connectivity index (χ0v) is 35.6. The molecule has 0 saturated carbocycles. The predicted octanol–water partition coefficient (Wildman–Crippen LogP) is -1.22. The summed E-state index contributed by atoms with van der Waals surface area (Å²) >= 11 is 0. The van der Waals surface area contributed by atoms with Crippen molar-refractivity contribution in [1.29, 1.82) is 0 Å². The molecule has 20 heteroatoms. The normalized spacial score (nSPS) is 14.6. The number of nitrogens with zero attached hydrogens (tertiary/aromatic N) is 1. The Bertz CT molecular complexity index is 1620. The van der Waals surface area contributed by atoms with Crippen LogP contribution < -0.4 is 54.8 Å². The van der Waals surface area contributed by atoms with Crippen LogP contribution in [0.25, 0.3) is 0 Å². The van der Waals surface area contributed by atoms with Crippen molar-refractivity contribution in [2.75, 3.05) is 6.54 Å². The molecule has 336 valence electrons. The van der Waals surface area contributed by atoms with E-state index in [1.165, 1.54) is 6.92 Å². The largest absolute Gasteiger partial charge is 0.481 e. The third-order valence-electron chi connectivity index (χ3n) is 9.35. The van der Waals surface area contributed by atoms with E-state index < -0.39 is 102 Å². The summed E-state index contributed by atoms with van der Waals surface area (Å²) < 4.78 is 0. The fourth-order valence-electron chi connectivity index (χ4n) is 5.92. The highest BCUT2D eigenvalue weighted by molar-refractivity contribution is 5.97. The van der Waals surface area contributed by atoms with E-state index >= 15 is 0 Å². The number of primary amides is 1.